The molecule has 0 amide bonds. The van der Waals surface area contributed by atoms with Crippen LogP contribution >= 0.6 is 0 Å². The molecular weight excluding hydrogens is 1080 g/mol. The Bertz CT molecular complexity index is 4940. The van der Waals surface area contributed by atoms with Crippen molar-refractivity contribution in [2.45, 2.75) is 43.3 Å². The molecule has 0 aromatic heterocycles. The molecule has 0 radical (unpaired) electrons. The van der Waals surface area contributed by atoms with Gasteiger partial charge in [0, 0.05) is 0 Å². The van der Waals surface area contributed by atoms with Crippen LogP contribution in [0.25, 0.3) is 66.8 Å². The molecule has 84 heavy (non-hydrogen) atoms. The number of hydrogen-bond acceptors (Lipinski definition) is 4. The number of nitrogens with zero attached hydrogens (tertiary/aromatic N) is 1. The molecule has 1 unspecified atom stereocenters. The average molecular weight is 1130 g/mol. The number of anilines is 3. The van der Waals surface area contributed by atoms with Crippen LogP contribution in [0.1, 0.15) is 69.0 Å². The quantitative estimate of drug-likeness (QED) is 0.164. The molecule has 0 saturated carbocycles. The van der Waals surface area contributed by atoms with Gasteiger partial charge in [0.15, 0.2) is 0 Å². The molecule has 0 fully saturated rings. The Labute approximate surface area is 490 Å². The van der Waals surface area contributed by atoms with Gasteiger partial charge in [-0.15, -0.1) is 0 Å². The fourth-order valence-electron chi connectivity index (χ4n) is 17.7. The Morgan fingerprint density at radius 2 is 0.750 bits per heavy atom. The van der Waals surface area contributed by atoms with Crippen molar-refractivity contribution < 1.29 is 14.2 Å². The molecule has 4 aliphatic carbocycles. The summed E-state index contributed by atoms with van der Waals surface area (Å²) in [6.07, 6.45) is 0.988. The van der Waals surface area contributed by atoms with Crippen molar-refractivity contribution in [3.63, 3.8) is 0 Å². The van der Waals surface area contributed by atoms with E-state index in [1.807, 2.05) is 0 Å². The Balaban J connectivity index is 0.869. The van der Waals surface area contributed by atoms with Gasteiger partial charge in [0.1, 0.15) is 0 Å². The van der Waals surface area contributed by atoms with Crippen LogP contribution in [-0.2, 0) is 10.8 Å². The van der Waals surface area contributed by atoms with E-state index in [0.29, 0.717) is 0 Å². The average Bonchev–Trinajstić information content (AvgIpc) is 0.738. The van der Waals surface area contributed by atoms with E-state index >= 15 is 0 Å². The molecule has 5 heteroatoms. The van der Waals surface area contributed by atoms with Gasteiger partial charge in [-0.25, -0.2) is 0 Å². The first kappa shape index (κ1) is 45.9. The Kier molecular flexibility index (Phi) is 8.60. The van der Waals surface area contributed by atoms with Crippen LogP contribution in [0.2, 0.25) is 5.25 Å². The van der Waals surface area contributed by atoms with Crippen LogP contribution in [0.15, 0.2) is 231 Å². The third-order valence-electron chi connectivity index (χ3n) is 20.5. The first-order valence-corrected chi connectivity index (χ1v) is 34.4. The van der Waals surface area contributed by atoms with Crippen LogP contribution in [0.5, 0.6) is 34.5 Å². The van der Waals surface area contributed by atoms with Crippen molar-refractivity contribution in [1.29, 1.82) is 0 Å². The minimum atomic E-state index is -4.02. The van der Waals surface area contributed by atoms with Gasteiger partial charge in [0.05, 0.1) is 0 Å². The van der Waals surface area contributed by atoms with E-state index in [-0.39, 0.29) is 0 Å². The molecule has 0 N–H and O–H groups in total. The molecule has 12 aromatic carbocycles. The molecule has 0 saturated heterocycles. The van der Waals surface area contributed by atoms with Crippen LogP contribution in [0.3, 0.4) is 0 Å². The Morgan fingerprint density at radius 1 is 0.333 bits per heavy atom. The summed E-state index contributed by atoms with van der Waals surface area (Å²) in [5.41, 5.74) is 30.0. The number of hydrogen-bond donors (Lipinski definition) is 0. The molecule has 394 valence electrons. The van der Waals surface area contributed by atoms with Crippen molar-refractivity contribution in [3.05, 3.63) is 286 Å². The standard InChI is InChI=1S/C79H51GeNO3/c1-4-37-80-72-67-36-34-48(46-30-32-55-53-21-9-15-27-62(53)78(64(55)41-46)58-23-11-5-17-49(58)50-18-6-12-24-59(50)78)76(72)83-69-39-45(3)40-70(73(69)80)84-77-57(43-71-75(74(77)80)81(67)66-35-29-44(2)38-68(66)82-71)47-31-33-56-54-22-10-16-28-63(54)79(65(56)42-47)60-25-13-7-19-51(60)52-20-8-14-26-61(52)79/h5-36,38-43H,4,37H2,1-3H3. The topological polar surface area (TPSA) is 30.9 Å². The minimum absolute atomic E-state index is 0.483. The summed E-state index contributed by atoms with van der Waals surface area (Å²) in [6.45, 7) is 6.74. The second kappa shape index (κ2) is 15.7. The Hall–Kier alpha value is -9.62. The van der Waals surface area contributed by atoms with Gasteiger partial charge in [0.25, 0.3) is 0 Å². The van der Waals surface area contributed by atoms with E-state index in [1.54, 1.807) is 0 Å². The van der Waals surface area contributed by atoms with Crippen LogP contribution in [0.4, 0.5) is 17.1 Å². The molecule has 2 spiro atoms. The van der Waals surface area contributed by atoms with Gasteiger partial charge in [-0.05, 0) is 0 Å². The number of benzene rings is 12. The molecule has 1 atom stereocenters. The summed E-state index contributed by atoms with van der Waals surface area (Å²) in [7, 11) is 0. The van der Waals surface area contributed by atoms with Gasteiger partial charge in [-0.3, -0.25) is 0 Å². The number of ether oxygens (including phenoxy) is 3. The first-order chi connectivity index (χ1) is 41.4. The number of aryl methyl sites for hydroxylation is 2. The Morgan fingerprint density at radius 3 is 1.24 bits per heavy atom. The van der Waals surface area contributed by atoms with E-state index in [1.165, 1.54) is 108 Å². The summed E-state index contributed by atoms with van der Waals surface area (Å²) in [4.78, 5) is 2.52. The molecule has 4 nitrogen and oxygen atoms in total. The van der Waals surface area contributed by atoms with Gasteiger partial charge >= 0.3 is 493 Å². The maximum absolute atomic E-state index is 7.77. The summed E-state index contributed by atoms with van der Waals surface area (Å²) in [5.74, 6) is 5.48. The third-order valence-corrected chi connectivity index (χ3v) is 31.6. The van der Waals surface area contributed by atoms with Crippen LogP contribution in [-0.4, -0.2) is 13.3 Å². The van der Waals surface area contributed by atoms with Gasteiger partial charge in [-0.2, -0.15) is 0 Å². The predicted octanol–water partition coefficient (Wildman–Crippen LogP) is 18.3. The van der Waals surface area contributed by atoms with E-state index < -0.39 is 24.1 Å². The van der Waals surface area contributed by atoms with Crippen molar-refractivity contribution in [2.75, 3.05) is 4.90 Å². The molecule has 20 rings (SSSR count). The van der Waals surface area contributed by atoms with Gasteiger partial charge < -0.3 is 0 Å². The van der Waals surface area contributed by atoms with Crippen molar-refractivity contribution >= 4 is 43.5 Å². The van der Waals surface area contributed by atoms with Gasteiger partial charge in [-0.1, -0.05) is 0 Å². The summed E-state index contributed by atoms with van der Waals surface area (Å²) >= 11 is -4.02. The number of rotatable bonds is 4. The molecular formula is C79H51GeNO3. The summed E-state index contributed by atoms with van der Waals surface area (Å²) in [6, 6.07) is 87.6. The van der Waals surface area contributed by atoms with E-state index in [2.05, 4.69) is 256 Å². The SMILES string of the molecule is CC[CH2][Ge]12[c]3c4cc(C)cc3Oc3c(-c5ccc6c(c5)C5(c7ccccc7-c7ccccc75)c5ccccc5-6)cc5c([c]31)N(c1ccc(C)cc1O5)c1ccc(-c3ccc5c(c3)C3(c6ccccc6-c6ccccc63)c3ccccc3-5)c([c]12)O4. The normalized spacial score (nSPS) is 16.9. The van der Waals surface area contributed by atoms with E-state index in [0.717, 1.165) is 90.9 Å². The monoisotopic (exact) mass is 1140 g/mol. The first-order valence-electron chi connectivity index (χ1n) is 29.8. The molecule has 0 bridgehead atoms. The maximum atomic E-state index is 7.77. The zero-order chi connectivity index (χ0) is 55.1. The van der Waals surface area contributed by atoms with Gasteiger partial charge in [0.2, 0.25) is 0 Å². The fourth-order valence-corrected chi connectivity index (χ4v) is 29.8. The molecule has 4 aliphatic heterocycles. The van der Waals surface area contributed by atoms with Crippen molar-refractivity contribution in [3.8, 4) is 101 Å². The molecule has 8 aliphatic rings. The summed E-state index contributed by atoms with van der Waals surface area (Å²) < 4.78 is 26.9. The zero-order valence-corrected chi connectivity index (χ0v) is 48.6. The second-order valence-electron chi connectivity index (χ2n) is 24.5. The van der Waals surface area contributed by atoms with Crippen molar-refractivity contribution in [1.82, 2.24) is 0 Å². The van der Waals surface area contributed by atoms with Crippen molar-refractivity contribution in [2.24, 2.45) is 0 Å². The number of fused-ring (bicyclic) bond motifs is 23. The summed E-state index contributed by atoms with van der Waals surface area (Å²) in [5, 5.41) is 1.00. The molecule has 12 aromatic rings. The van der Waals surface area contributed by atoms with Crippen LogP contribution in [0, 0.1) is 13.8 Å². The predicted molar refractivity (Wildman–Crippen MR) is 340 cm³/mol. The third kappa shape index (κ3) is 5.20. The fraction of sp³-hybridized carbons (Fsp3) is 0.0886. The molecule has 4 heterocycles. The van der Waals surface area contributed by atoms with E-state index in [9.17, 15) is 0 Å². The zero-order valence-electron chi connectivity index (χ0n) is 46.5. The van der Waals surface area contributed by atoms with Crippen LogP contribution < -0.4 is 32.3 Å². The second-order valence-corrected chi connectivity index (χ2v) is 32.5. The van der Waals surface area contributed by atoms with E-state index in [4.69, 9.17) is 14.2 Å².